The molecule has 0 saturated heterocycles. The van der Waals surface area contributed by atoms with Crippen LogP contribution in [0.15, 0.2) is 27.2 Å². The molecule has 2 aromatic heterocycles. The quantitative estimate of drug-likeness (QED) is 0.752. The molecule has 0 aliphatic carbocycles. The summed E-state index contributed by atoms with van der Waals surface area (Å²) in [6.45, 7) is 2.48. The Kier molecular flexibility index (Phi) is 4.21. The number of anilines is 1. The molecule has 0 unspecified atom stereocenters. The molecule has 2 aromatic rings. The Hall–Kier alpha value is -1.71. The first-order valence-corrected chi connectivity index (χ1v) is 8.05. The van der Waals surface area contributed by atoms with Gasteiger partial charge in [-0.25, -0.2) is 13.5 Å². The smallest absolute Gasteiger partial charge is 0.272 e. The van der Waals surface area contributed by atoms with E-state index in [1.807, 2.05) is 6.92 Å². The molecule has 0 amide bonds. The first kappa shape index (κ1) is 14.7. The standard InChI is InChI=1S/C11H14N4O3S2/c1-7-5-11(19-8(7)6-12-2)20(17,18)15-9-3-4-10(16)14-13-9/h3-5,12H,6H2,1-2H3,(H,13,15)(H,14,16). The minimum atomic E-state index is -3.69. The van der Waals surface area contributed by atoms with Crippen LogP contribution in [0, 0.1) is 6.92 Å². The molecule has 2 heterocycles. The second-order valence-electron chi connectivity index (χ2n) is 4.11. The van der Waals surface area contributed by atoms with Crippen molar-refractivity contribution in [3.63, 3.8) is 0 Å². The van der Waals surface area contributed by atoms with E-state index in [9.17, 15) is 13.2 Å². The van der Waals surface area contributed by atoms with Crippen LogP contribution >= 0.6 is 11.3 Å². The number of rotatable bonds is 5. The summed E-state index contributed by atoms with van der Waals surface area (Å²) in [5.41, 5.74) is 0.523. The van der Waals surface area contributed by atoms with Gasteiger partial charge in [-0.2, -0.15) is 5.10 Å². The Labute approximate surface area is 120 Å². The number of sulfonamides is 1. The summed E-state index contributed by atoms with van der Waals surface area (Å²) in [5, 5.41) is 8.78. The highest BCUT2D eigenvalue weighted by molar-refractivity contribution is 7.94. The molecule has 0 spiro atoms. The molecule has 108 valence electrons. The highest BCUT2D eigenvalue weighted by atomic mass is 32.2. The Balaban J connectivity index is 2.28. The fraction of sp³-hybridized carbons (Fsp3) is 0.273. The van der Waals surface area contributed by atoms with Gasteiger partial charge in [-0.15, -0.1) is 11.3 Å². The minimum Gasteiger partial charge on any atom is -0.315 e. The first-order valence-electron chi connectivity index (χ1n) is 5.75. The van der Waals surface area contributed by atoms with Crippen molar-refractivity contribution >= 4 is 27.2 Å². The molecule has 0 bridgehead atoms. The summed E-state index contributed by atoms with van der Waals surface area (Å²) in [4.78, 5) is 11.8. The third kappa shape index (κ3) is 3.24. The van der Waals surface area contributed by atoms with E-state index in [-0.39, 0.29) is 10.0 Å². The number of nitrogens with zero attached hydrogens (tertiary/aromatic N) is 1. The molecule has 20 heavy (non-hydrogen) atoms. The second kappa shape index (κ2) is 5.73. The Morgan fingerprint density at radius 2 is 2.15 bits per heavy atom. The maximum atomic E-state index is 12.2. The van der Waals surface area contributed by atoms with Crippen molar-refractivity contribution < 1.29 is 8.42 Å². The van der Waals surface area contributed by atoms with Crippen molar-refractivity contribution in [1.29, 1.82) is 0 Å². The van der Waals surface area contributed by atoms with Crippen LogP contribution in [0.2, 0.25) is 0 Å². The van der Waals surface area contributed by atoms with E-state index in [4.69, 9.17) is 0 Å². The Morgan fingerprint density at radius 1 is 1.40 bits per heavy atom. The van der Waals surface area contributed by atoms with Crippen molar-refractivity contribution in [2.24, 2.45) is 0 Å². The average molecular weight is 314 g/mol. The zero-order valence-corrected chi connectivity index (χ0v) is 12.6. The molecule has 7 nitrogen and oxygen atoms in total. The van der Waals surface area contributed by atoms with Crippen molar-refractivity contribution in [2.75, 3.05) is 11.8 Å². The van der Waals surface area contributed by atoms with Crippen molar-refractivity contribution in [1.82, 2.24) is 15.5 Å². The minimum absolute atomic E-state index is 0.0748. The third-order valence-corrected chi connectivity index (χ3v) is 5.58. The monoisotopic (exact) mass is 314 g/mol. The molecule has 0 aromatic carbocycles. The SMILES string of the molecule is CNCc1sc(S(=O)(=O)Nc2ccc(=O)[nH]n2)cc1C. The van der Waals surface area contributed by atoms with Gasteiger partial charge in [-0.3, -0.25) is 9.52 Å². The van der Waals surface area contributed by atoms with E-state index in [1.165, 1.54) is 23.5 Å². The van der Waals surface area contributed by atoms with E-state index in [0.717, 1.165) is 10.4 Å². The van der Waals surface area contributed by atoms with E-state index >= 15 is 0 Å². The second-order valence-corrected chi connectivity index (χ2v) is 7.16. The molecule has 3 N–H and O–H groups in total. The number of hydrogen-bond acceptors (Lipinski definition) is 6. The van der Waals surface area contributed by atoms with E-state index in [0.29, 0.717) is 6.54 Å². The third-order valence-electron chi connectivity index (χ3n) is 2.52. The summed E-state index contributed by atoms with van der Waals surface area (Å²) in [6, 6.07) is 4.13. The predicted molar refractivity (Wildman–Crippen MR) is 77.5 cm³/mol. The largest absolute Gasteiger partial charge is 0.315 e. The fourth-order valence-electron chi connectivity index (χ4n) is 1.55. The van der Waals surface area contributed by atoms with E-state index in [2.05, 4.69) is 20.2 Å². The van der Waals surface area contributed by atoms with Gasteiger partial charge in [-0.05, 0) is 31.7 Å². The lowest BCUT2D eigenvalue weighted by Crippen LogP contribution is -2.15. The number of H-pyrrole nitrogens is 1. The highest BCUT2D eigenvalue weighted by Gasteiger charge is 2.19. The average Bonchev–Trinajstić information content (AvgIpc) is 2.75. The zero-order valence-electron chi connectivity index (χ0n) is 10.9. The lowest BCUT2D eigenvalue weighted by Gasteiger charge is -2.03. The van der Waals surface area contributed by atoms with Crippen LogP contribution in [-0.2, 0) is 16.6 Å². The van der Waals surface area contributed by atoms with Gasteiger partial charge in [0.25, 0.3) is 15.6 Å². The van der Waals surface area contributed by atoms with Crippen LogP contribution in [0.25, 0.3) is 0 Å². The van der Waals surface area contributed by atoms with Crippen LogP contribution in [0.4, 0.5) is 5.82 Å². The zero-order chi connectivity index (χ0) is 14.8. The molecule has 0 radical (unpaired) electrons. The van der Waals surface area contributed by atoms with Crippen molar-refractivity contribution in [3.05, 3.63) is 39.0 Å². The van der Waals surface area contributed by atoms with Crippen molar-refractivity contribution in [3.8, 4) is 0 Å². The molecule has 0 fully saturated rings. The highest BCUT2D eigenvalue weighted by Crippen LogP contribution is 2.27. The molecule has 0 atom stereocenters. The number of hydrogen-bond donors (Lipinski definition) is 3. The first-order chi connectivity index (χ1) is 9.42. The maximum Gasteiger partial charge on any atom is 0.272 e. The summed E-state index contributed by atoms with van der Waals surface area (Å²) in [7, 11) is -1.89. The Morgan fingerprint density at radius 3 is 2.75 bits per heavy atom. The van der Waals surface area contributed by atoms with Crippen molar-refractivity contribution in [2.45, 2.75) is 17.7 Å². The summed E-state index contributed by atoms with van der Waals surface area (Å²) in [5.74, 6) is 0.0748. The van der Waals surface area contributed by atoms with Crippen LogP contribution in [-0.4, -0.2) is 25.7 Å². The molecular weight excluding hydrogens is 300 g/mol. The Bertz CT molecular complexity index is 744. The number of aromatic amines is 1. The molecular formula is C11H14N4O3S2. The summed E-state index contributed by atoms with van der Waals surface area (Å²) >= 11 is 1.20. The molecule has 0 aliphatic rings. The van der Waals surface area contributed by atoms with Gasteiger partial charge in [0.1, 0.15) is 4.21 Å². The van der Waals surface area contributed by atoms with Gasteiger partial charge in [0.15, 0.2) is 5.82 Å². The molecule has 0 aliphatic heterocycles. The lowest BCUT2D eigenvalue weighted by molar-refractivity contribution is 0.603. The molecule has 0 saturated carbocycles. The van der Waals surface area contributed by atoms with Gasteiger partial charge in [0.2, 0.25) is 0 Å². The van der Waals surface area contributed by atoms with E-state index < -0.39 is 15.6 Å². The van der Waals surface area contributed by atoms with Gasteiger partial charge in [0, 0.05) is 17.5 Å². The number of thiophene rings is 1. The molecule has 9 heteroatoms. The number of aromatic nitrogens is 2. The lowest BCUT2D eigenvalue weighted by atomic mass is 10.3. The normalized spacial score (nSPS) is 11.5. The maximum absolute atomic E-state index is 12.2. The number of aryl methyl sites for hydroxylation is 1. The van der Waals surface area contributed by atoms with Crippen LogP contribution in [0.3, 0.4) is 0 Å². The summed E-state index contributed by atoms with van der Waals surface area (Å²) in [6.07, 6.45) is 0. The van der Waals surface area contributed by atoms with Gasteiger partial charge >= 0.3 is 0 Å². The van der Waals surface area contributed by atoms with Gasteiger partial charge in [-0.1, -0.05) is 0 Å². The summed E-state index contributed by atoms with van der Waals surface area (Å²) < 4.78 is 26.9. The van der Waals surface area contributed by atoms with Crippen LogP contribution in [0.5, 0.6) is 0 Å². The van der Waals surface area contributed by atoms with Gasteiger partial charge < -0.3 is 5.32 Å². The van der Waals surface area contributed by atoms with E-state index in [1.54, 1.807) is 13.1 Å². The van der Waals surface area contributed by atoms with Crippen LogP contribution in [0.1, 0.15) is 10.4 Å². The predicted octanol–water partition coefficient (Wildman–Crippen LogP) is 0.660. The topological polar surface area (TPSA) is 104 Å². The van der Waals surface area contributed by atoms with Crippen LogP contribution < -0.4 is 15.6 Å². The molecule has 2 rings (SSSR count). The fourth-order valence-corrected chi connectivity index (χ4v) is 4.15. The van der Waals surface area contributed by atoms with Gasteiger partial charge in [0.05, 0.1) is 0 Å². The number of nitrogens with one attached hydrogen (secondary N) is 3.